The van der Waals surface area contributed by atoms with Gasteiger partial charge in [0.25, 0.3) is 0 Å². The van der Waals surface area contributed by atoms with Crippen LogP contribution in [0.25, 0.3) is 0 Å². The molecule has 2 rings (SSSR count). The molecule has 0 spiro atoms. The Kier molecular flexibility index (Phi) is 3.14. The van der Waals surface area contributed by atoms with Gasteiger partial charge in [0.15, 0.2) is 11.6 Å². The fraction of sp³-hybridized carbons (Fsp3) is 0. The van der Waals surface area contributed by atoms with Gasteiger partial charge in [0.1, 0.15) is 0 Å². The lowest BCUT2D eigenvalue weighted by molar-refractivity contribution is 0.507. The monoisotopic (exact) mass is 232 g/mol. The lowest BCUT2D eigenvalue weighted by Gasteiger charge is -1.99. The van der Waals surface area contributed by atoms with Gasteiger partial charge in [-0.2, -0.15) is 0 Å². The van der Waals surface area contributed by atoms with E-state index in [0.717, 1.165) is 6.07 Å². The lowest BCUT2D eigenvalue weighted by atomic mass is 10.2. The molecule has 0 aliphatic rings. The molecule has 2 aromatic carbocycles. The Morgan fingerprint density at radius 3 is 2.53 bits per heavy atom. The number of nitrogen functional groups attached to an aromatic ring is 1. The number of anilines is 1. The van der Waals surface area contributed by atoms with Crippen molar-refractivity contribution >= 4 is 17.6 Å². The maximum absolute atomic E-state index is 13.3. The fourth-order valence-electron chi connectivity index (χ4n) is 1.36. The van der Waals surface area contributed by atoms with E-state index < -0.39 is 11.6 Å². The maximum atomic E-state index is 13.3. The largest absolute Gasteiger partial charge is 0.397 e. The molecule has 0 radical (unpaired) electrons. The Labute approximate surface area is 97.4 Å². The number of nitrogens with two attached hydrogens (primary N) is 1. The van der Waals surface area contributed by atoms with Gasteiger partial charge in [-0.15, -0.1) is 0 Å². The molecular weight excluding hydrogens is 222 g/mol. The van der Waals surface area contributed by atoms with Crippen LogP contribution >= 0.6 is 0 Å². The highest BCUT2D eigenvalue weighted by molar-refractivity contribution is 5.84. The summed E-state index contributed by atoms with van der Waals surface area (Å²) in [6.07, 6.45) is 1.25. The minimum atomic E-state index is -0.911. The van der Waals surface area contributed by atoms with E-state index in [2.05, 4.69) is 4.99 Å². The zero-order chi connectivity index (χ0) is 12.3. The number of hydrogen-bond acceptors (Lipinski definition) is 2. The lowest BCUT2D eigenvalue weighted by Crippen LogP contribution is -1.92. The predicted octanol–water partition coefficient (Wildman–Crippen LogP) is 3.30. The first-order valence-electron chi connectivity index (χ1n) is 5.01. The molecule has 0 atom stereocenters. The molecule has 0 bridgehead atoms. The SMILES string of the molecule is Nc1ccccc1N=Cc1cccc(F)c1F. The van der Waals surface area contributed by atoms with E-state index in [1.54, 1.807) is 24.3 Å². The fourth-order valence-corrected chi connectivity index (χ4v) is 1.36. The first-order valence-corrected chi connectivity index (χ1v) is 5.01. The van der Waals surface area contributed by atoms with E-state index in [9.17, 15) is 8.78 Å². The normalized spacial score (nSPS) is 10.9. The summed E-state index contributed by atoms with van der Waals surface area (Å²) in [5.41, 5.74) is 6.77. The van der Waals surface area contributed by atoms with E-state index in [4.69, 9.17) is 5.73 Å². The number of hydrogen-bond donors (Lipinski definition) is 1. The summed E-state index contributed by atoms with van der Waals surface area (Å²) in [6.45, 7) is 0. The van der Waals surface area contributed by atoms with Crippen LogP contribution in [0.5, 0.6) is 0 Å². The van der Waals surface area contributed by atoms with Crippen molar-refractivity contribution < 1.29 is 8.78 Å². The van der Waals surface area contributed by atoms with E-state index in [1.165, 1.54) is 18.3 Å². The molecule has 0 heterocycles. The van der Waals surface area contributed by atoms with E-state index in [1.807, 2.05) is 0 Å². The Balaban J connectivity index is 2.33. The van der Waals surface area contributed by atoms with E-state index >= 15 is 0 Å². The van der Waals surface area contributed by atoms with Gasteiger partial charge >= 0.3 is 0 Å². The molecule has 17 heavy (non-hydrogen) atoms. The maximum Gasteiger partial charge on any atom is 0.167 e. The smallest absolute Gasteiger partial charge is 0.167 e. The van der Waals surface area contributed by atoms with Crippen molar-refractivity contribution in [2.24, 2.45) is 4.99 Å². The minimum absolute atomic E-state index is 0.0910. The molecule has 4 heteroatoms. The van der Waals surface area contributed by atoms with Crippen LogP contribution in [0.15, 0.2) is 47.5 Å². The van der Waals surface area contributed by atoms with Crippen LogP contribution in [-0.4, -0.2) is 6.21 Å². The van der Waals surface area contributed by atoms with Crippen molar-refractivity contribution in [3.8, 4) is 0 Å². The molecule has 2 aromatic rings. The van der Waals surface area contributed by atoms with Crippen LogP contribution in [0.1, 0.15) is 5.56 Å². The van der Waals surface area contributed by atoms with Gasteiger partial charge < -0.3 is 5.73 Å². The highest BCUT2D eigenvalue weighted by Gasteiger charge is 2.04. The number of para-hydroxylation sites is 2. The van der Waals surface area contributed by atoms with E-state index in [0.29, 0.717) is 11.4 Å². The zero-order valence-electron chi connectivity index (χ0n) is 8.90. The number of nitrogens with zero attached hydrogens (tertiary/aromatic N) is 1. The first kappa shape index (κ1) is 11.3. The molecule has 86 valence electrons. The van der Waals surface area contributed by atoms with Crippen molar-refractivity contribution in [2.75, 3.05) is 5.73 Å². The molecule has 0 saturated heterocycles. The quantitative estimate of drug-likeness (QED) is 0.626. The standard InChI is InChI=1S/C13H10F2N2/c14-10-5-3-4-9(13(10)15)8-17-12-7-2-1-6-11(12)16/h1-8H,16H2. The third kappa shape index (κ3) is 2.47. The van der Waals surface area contributed by atoms with Crippen LogP contribution < -0.4 is 5.73 Å². The van der Waals surface area contributed by atoms with Gasteiger partial charge in [-0.25, -0.2) is 8.78 Å². The predicted molar refractivity (Wildman–Crippen MR) is 64.5 cm³/mol. The summed E-state index contributed by atoms with van der Waals surface area (Å²) in [7, 11) is 0. The summed E-state index contributed by atoms with van der Waals surface area (Å²) in [4.78, 5) is 4.02. The second-order valence-electron chi connectivity index (χ2n) is 3.46. The number of benzene rings is 2. The zero-order valence-corrected chi connectivity index (χ0v) is 8.90. The van der Waals surface area contributed by atoms with Gasteiger partial charge in [0, 0.05) is 11.8 Å². The third-order valence-electron chi connectivity index (χ3n) is 2.26. The Morgan fingerprint density at radius 1 is 1.00 bits per heavy atom. The summed E-state index contributed by atoms with van der Waals surface area (Å²) in [5.74, 6) is -1.80. The van der Waals surface area contributed by atoms with E-state index in [-0.39, 0.29) is 5.56 Å². The van der Waals surface area contributed by atoms with Crippen LogP contribution in [-0.2, 0) is 0 Å². The molecule has 0 aliphatic heterocycles. The average Bonchev–Trinajstić information content (AvgIpc) is 2.33. The molecule has 0 fully saturated rings. The Morgan fingerprint density at radius 2 is 1.76 bits per heavy atom. The van der Waals surface area contributed by atoms with Gasteiger partial charge in [-0.05, 0) is 18.2 Å². The van der Waals surface area contributed by atoms with Gasteiger partial charge in [-0.1, -0.05) is 24.3 Å². The highest BCUT2D eigenvalue weighted by atomic mass is 19.2. The molecule has 0 unspecified atom stereocenters. The second kappa shape index (κ2) is 4.74. The van der Waals surface area contributed by atoms with Crippen LogP contribution in [0.3, 0.4) is 0 Å². The topological polar surface area (TPSA) is 38.4 Å². The van der Waals surface area contributed by atoms with Gasteiger partial charge in [0.2, 0.25) is 0 Å². The van der Waals surface area contributed by atoms with Crippen molar-refractivity contribution in [1.29, 1.82) is 0 Å². The summed E-state index contributed by atoms with van der Waals surface area (Å²) >= 11 is 0. The second-order valence-corrected chi connectivity index (χ2v) is 3.46. The summed E-state index contributed by atoms with van der Waals surface area (Å²) < 4.78 is 26.2. The minimum Gasteiger partial charge on any atom is -0.397 e. The van der Waals surface area contributed by atoms with Gasteiger partial charge in [-0.3, -0.25) is 4.99 Å². The Bertz CT molecular complexity index is 565. The number of halogens is 2. The average molecular weight is 232 g/mol. The van der Waals surface area contributed by atoms with Crippen molar-refractivity contribution in [3.05, 3.63) is 59.7 Å². The first-order chi connectivity index (χ1) is 8.18. The van der Waals surface area contributed by atoms with Crippen molar-refractivity contribution in [3.63, 3.8) is 0 Å². The van der Waals surface area contributed by atoms with Crippen molar-refractivity contribution in [2.45, 2.75) is 0 Å². The molecule has 2 nitrogen and oxygen atoms in total. The number of aliphatic imine (C=N–C) groups is 1. The summed E-state index contributed by atoms with van der Waals surface area (Å²) in [6, 6.07) is 10.9. The van der Waals surface area contributed by atoms with Gasteiger partial charge in [0.05, 0.1) is 11.4 Å². The molecule has 0 aromatic heterocycles. The molecular formula is C13H10F2N2. The summed E-state index contributed by atoms with van der Waals surface area (Å²) in [5, 5.41) is 0. The molecule has 0 amide bonds. The Hall–Kier alpha value is -2.23. The van der Waals surface area contributed by atoms with Crippen LogP contribution in [0.2, 0.25) is 0 Å². The highest BCUT2D eigenvalue weighted by Crippen LogP contribution is 2.20. The number of rotatable bonds is 2. The molecule has 0 saturated carbocycles. The van der Waals surface area contributed by atoms with Crippen LogP contribution in [0.4, 0.5) is 20.2 Å². The molecule has 2 N–H and O–H groups in total. The molecule has 0 aliphatic carbocycles. The third-order valence-corrected chi connectivity index (χ3v) is 2.26. The van der Waals surface area contributed by atoms with Crippen LogP contribution in [0, 0.1) is 11.6 Å². The van der Waals surface area contributed by atoms with Crippen molar-refractivity contribution in [1.82, 2.24) is 0 Å².